The highest BCUT2D eigenvalue weighted by molar-refractivity contribution is 9.10. The summed E-state index contributed by atoms with van der Waals surface area (Å²) in [6.07, 6.45) is 1.75. The van der Waals surface area contributed by atoms with Gasteiger partial charge in [0.2, 0.25) is 0 Å². The summed E-state index contributed by atoms with van der Waals surface area (Å²) in [5.41, 5.74) is 0.965. The summed E-state index contributed by atoms with van der Waals surface area (Å²) in [4.78, 5) is 11.3. The fourth-order valence-corrected chi connectivity index (χ4v) is 1.22. The molecule has 0 fully saturated rings. The highest BCUT2D eigenvalue weighted by atomic mass is 79.9. The van der Waals surface area contributed by atoms with Crippen molar-refractivity contribution < 1.29 is 0 Å². The van der Waals surface area contributed by atoms with Gasteiger partial charge in [0.05, 0.1) is 0 Å². The van der Waals surface area contributed by atoms with Gasteiger partial charge in [0.1, 0.15) is 0 Å². The Labute approximate surface area is 79.7 Å². The van der Waals surface area contributed by atoms with Gasteiger partial charge in [-0.05, 0) is 13.0 Å². The van der Waals surface area contributed by atoms with Crippen LogP contribution in [0.3, 0.4) is 0 Å². The molecule has 3 heteroatoms. The van der Waals surface area contributed by atoms with Gasteiger partial charge < -0.3 is 4.57 Å². The zero-order chi connectivity index (χ0) is 9.14. The van der Waals surface area contributed by atoms with Gasteiger partial charge in [-0.1, -0.05) is 28.1 Å². The van der Waals surface area contributed by atoms with Crippen LogP contribution < -0.4 is 5.56 Å². The maximum absolute atomic E-state index is 11.3. The molecule has 1 rings (SSSR count). The van der Waals surface area contributed by atoms with Crippen molar-refractivity contribution in [1.82, 2.24) is 4.57 Å². The number of pyridine rings is 1. The highest BCUT2D eigenvalue weighted by Crippen LogP contribution is 2.04. The van der Waals surface area contributed by atoms with Crippen molar-refractivity contribution in [3.8, 4) is 0 Å². The summed E-state index contributed by atoms with van der Waals surface area (Å²) in [5, 5.41) is 0. The molecule has 1 heterocycles. The molecule has 1 aromatic heterocycles. The van der Waals surface area contributed by atoms with Gasteiger partial charge in [-0.3, -0.25) is 4.79 Å². The molecule has 12 heavy (non-hydrogen) atoms. The monoisotopic (exact) mass is 227 g/mol. The number of halogens is 1. The van der Waals surface area contributed by atoms with Crippen LogP contribution in [0.4, 0.5) is 0 Å². The second-order valence-electron chi connectivity index (χ2n) is 2.77. The van der Waals surface area contributed by atoms with Crippen molar-refractivity contribution in [1.29, 1.82) is 0 Å². The Kier molecular flexibility index (Phi) is 2.87. The molecule has 0 aliphatic rings. The zero-order valence-electron chi connectivity index (χ0n) is 6.88. The second kappa shape index (κ2) is 3.72. The maximum atomic E-state index is 11.3. The number of nitrogens with zero attached hydrogens (tertiary/aromatic N) is 1. The minimum absolute atomic E-state index is 0.00706. The lowest BCUT2D eigenvalue weighted by Gasteiger charge is -2.03. The summed E-state index contributed by atoms with van der Waals surface area (Å²) in [6.45, 7) is 6.23. The molecule has 0 saturated carbocycles. The minimum Gasteiger partial charge on any atom is -0.311 e. The summed E-state index contributed by atoms with van der Waals surface area (Å²) >= 11 is 3.23. The van der Waals surface area contributed by atoms with Crippen molar-refractivity contribution in [2.45, 2.75) is 13.5 Å². The first-order valence-electron chi connectivity index (χ1n) is 3.60. The molecule has 64 valence electrons. The van der Waals surface area contributed by atoms with Gasteiger partial charge >= 0.3 is 0 Å². The van der Waals surface area contributed by atoms with Crippen LogP contribution in [0.5, 0.6) is 0 Å². The number of aromatic nitrogens is 1. The molecular weight excluding hydrogens is 218 g/mol. The van der Waals surface area contributed by atoms with E-state index in [1.54, 1.807) is 16.8 Å². The molecule has 0 radical (unpaired) electrons. The maximum Gasteiger partial charge on any atom is 0.251 e. The first-order valence-corrected chi connectivity index (χ1v) is 4.39. The third kappa shape index (κ3) is 2.34. The standard InChI is InChI=1S/C9H10BrNO/c1-7(2)6-11-4-3-8(10)5-9(11)12/h3-5H,1,6H2,2H3. The SMILES string of the molecule is C=C(C)Cn1ccc(Br)cc1=O. The number of rotatable bonds is 2. The topological polar surface area (TPSA) is 22.0 Å². The van der Waals surface area contributed by atoms with Crippen molar-refractivity contribution in [2.24, 2.45) is 0 Å². The summed E-state index contributed by atoms with van der Waals surface area (Å²) < 4.78 is 2.43. The third-order valence-electron chi connectivity index (χ3n) is 1.40. The fourth-order valence-electron chi connectivity index (χ4n) is 0.905. The Balaban J connectivity index is 3.02. The molecule has 0 bridgehead atoms. The van der Waals surface area contributed by atoms with Gasteiger partial charge in [-0.15, -0.1) is 0 Å². The predicted octanol–water partition coefficient (Wildman–Crippen LogP) is 2.19. The quantitative estimate of drug-likeness (QED) is 0.711. The Morgan fingerprint density at radius 1 is 1.75 bits per heavy atom. The van der Waals surface area contributed by atoms with Crippen LogP contribution in [0.15, 0.2) is 39.7 Å². The van der Waals surface area contributed by atoms with Crippen LogP contribution >= 0.6 is 15.9 Å². The molecule has 0 unspecified atom stereocenters. The summed E-state index contributed by atoms with van der Waals surface area (Å²) in [7, 11) is 0. The van der Waals surface area contributed by atoms with Crippen LogP contribution in [0.2, 0.25) is 0 Å². The highest BCUT2D eigenvalue weighted by Gasteiger charge is 1.95. The smallest absolute Gasteiger partial charge is 0.251 e. The average Bonchev–Trinajstić information content (AvgIpc) is 1.94. The van der Waals surface area contributed by atoms with E-state index in [9.17, 15) is 4.79 Å². The van der Waals surface area contributed by atoms with E-state index in [4.69, 9.17) is 0 Å². The Hall–Kier alpha value is -0.830. The molecule has 0 saturated heterocycles. The van der Waals surface area contributed by atoms with Crippen LogP contribution in [0, 0.1) is 0 Å². The average molecular weight is 228 g/mol. The van der Waals surface area contributed by atoms with Gasteiger partial charge in [-0.25, -0.2) is 0 Å². The van der Waals surface area contributed by atoms with Gasteiger partial charge in [0.15, 0.2) is 0 Å². The van der Waals surface area contributed by atoms with E-state index in [-0.39, 0.29) is 5.56 Å². The largest absolute Gasteiger partial charge is 0.311 e. The van der Waals surface area contributed by atoms with E-state index in [2.05, 4.69) is 22.5 Å². The van der Waals surface area contributed by atoms with Crippen molar-refractivity contribution in [2.75, 3.05) is 0 Å². The van der Waals surface area contributed by atoms with Crippen molar-refractivity contribution >= 4 is 15.9 Å². The van der Waals surface area contributed by atoms with Crippen LogP contribution in [0.1, 0.15) is 6.92 Å². The Bertz CT molecular complexity index is 354. The fraction of sp³-hybridized carbons (Fsp3) is 0.222. The van der Waals surface area contributed by atoms with E-state index < -0.39 is 0 Å². The first-order chi connectivity index (χ1) is 5.59. The molecular formula is C9H10BrNO. The lowest BCUT2D eigenvalue weighted by Crippen LogP contribution is -2.18. The van der Waals surface area contributed by atoms with E-state index in [1.807, 2.05) is 13.0 Å². The number of allylic oxidation sites excluding steroid dienone is 1. The molecule has 0 atom stereocenters. The van der Waals surface area contributed by atoms with Crippen LogP contribution in [-0.2, 0) is 6.54 Å². The molecule has 0 aliphatic carbocycles. The Morgan fingerprint density at radius 2 is 2.42 bits per heavy atom. The minimum atomic E-state index is -0.00706. The van der Waals surface area contributed by atoms with Gasteiger partial charge in [0.25, 0.3) is 5.56 Å². The van der Waals surface area contributed by atoms with E-state index >= 15 is 0 Å². The zero-order valence-corrected chi connectivity index (χ0v) is 8.47. The molecule has 0 spiro atoms. The Morgan fingerprint density at radius 3 is 2.92 bits per heavy atom. The summed E-state index contributed by atoms with van der Waals surface area (Å²) in [5.74, 6) is 0. The van der Waals surface area contributed by atoms with Crippen molar-refractivity contribution in [3.05, 3.63) is 45.3 Å². The second-order valence-corrected chi connectivity index (χ2v) is 3.68. The molecule has 0 amide bonds. The normalized spacial score (nSPS) is 9.83. The van der Waals surface area contributed by atoms with Crippen LogP contribution in [-0.4, -0.2) is 4.57 Å². The predicted molar refractivity (Wildman–Crippen MR) is 53.2 cm³/mol. The van der Waals surface area contributed by atoms with Gasteiger partial charge in [-0.2, -0.15) is 0 Å². The molecule has 1 aromatic rings. The van der Waals surface area contributed by atoms with Crippen molar-refractivity contribution in [3.63, 3.8) is 0 Å². The third-order valence-corrected chi connectivity index (χ3v) is 1.89. The summed E-state index contributed by atoms with van der Waals surface area (Å²) in [6, 6.07) is 3.38. The number of hydrogen-bond acceptors (Lipinski definition) is 1. The molecule has 2 nitrogen and oxygen atoms in total. The van der Waals surface area contributed by atoms with E-state index in [0.717, 1.165) is 10.0 Å². The van der Waals surface area contributed by atoms with Gasteiger partial charge in [0, 0.05) is 23.3 Å². The molecule has 0 aliphatic heterocycles. The lowest BCUT2D eigenvalue weighted by molar-refractivity contribution is 0.747. The first kappa shape index (κ1) is 9.26. The van der Waals surface area contributed by atoms with E-state index in [0.29, 0.717) is 6.54 Å². The van der Waals surface area contributed by atoms with E-state index in [1.165, 1.54) is 0 Å². The van der Waals surface area contributed by atoms with Crippen LogP contribution in [0.25, 0.3) is 0 Å². The number of hydrogen-bond donors (Lipinski definition) is 0. The molecule has 0 N–H and O–H groups in total. The molecule has 0 aromatic carbocycles. The lowest BCUT2D eigenvalue weighted by atomic mass is 10.3.